The highest BCUT2D eigenvalue weighted by atomic mass is 15.3. The number of hydrogen-bond acceptors (Lipinski definition) is 4. The third-order valence-corrected chi connectivity index (χ3v) is 3.98. The van der Waals surface area contributed by atoms with E-state index < -0.39 is 0 Å². The molecule has 0 bridgehead atoms. The van der Waals surface area contributed by atoms with Crippen molar-refractivity contribution < 1.29 is 0 Å². The van der Waals surface area contributed by atoms with Gasteiger partial charge in [-0.25, -0.2) is 9.50 Å². The predicted octanol–water partition coefficient (Wildman–Crippen LogP) is 3.47. The molecule has 4 aromatic heterocycles. The molecule has 0 unspecified atom stereocenters. The lowest BCUT2D eigenvalue weighted by atomic mass is 10.0. The van der Waals surface area contributed by atoms with Crippen LogP contribution in [-0.4, -0.2) is 24.6 Å². The SMILES string of the molecule is Cc1ccncc1-c1nc2cccnn2c1-c1cnccc1C. The van der Waals surface area contributed by atoms with E-state index in [2.05, 4.69) is 28.9 Å². The van der Waals surface area contributed by atoms with Crippen LogP contribution in [0.15, 0.2) is 55.2 Å². The molecule has 0 aliphatic heterocycles. The maximum Gasteiger partial charge on any atom is 0.154 e. The van der Waals surface area contributed by atoms with Gasteiger partial charge >= 0.3 is 0 Å². The topological polar surface area (TPSA) is 56.0 Å². The smallest absolute Gasteiger partial charge is 0.154 e. The summed E-state index contributed by atoms with van der Waals surface area (Å²) in [5, 5.41) is 4.48. The first kappa shape index (κ1) is 13.6. The van der Waals surface area contributed by atoms with E-state index in [1.165, 1.54) is 0 Å². The second-order valence-electron chi connectivity index (χ2n) is 5.48. The molecule has 0 atom stereocenters. The maximum atomic E-state index is 4.79. The van der Waals surface area contributed by atoms with Crippen molar-refractivity contribution >= 4 is 5.65 Å². The van der Waals surface area contributed by atoms with Crippen LogP contribution in [0.1, 0.15) is 11.1 Å². The summed E-state index contributed by atoms with van der Waals surface area (Å²) in [4.78, 5) is 13.3. The molecule has 0 fully saturated rings. The van der Waals surface area contributed by atoms with Gasteiger partial charge in [-0.1, -0.05) is 0 Å². The van der Waals surface area contributed by atoms with E-state index in [1.807, 2.05) is 41.2 Å². The zero-order chi connectivity index (χ0) is 15.8. The first-order chi connectivity index (χ1) is 11.3. The van der Waals surface area contributed by atoms with Crippen molar-refractivity contribution in [3.63, 3.8) is 0 Å². The molecule has 112 valence electrons. The molecule has 4 heterocycles. The Morgan fingerprint density at radius 3 is 2.22 bits per heavy atom. The average molecular weight is 301 g/mol. The predicted molar refractivity (Wildman–Crippen MR) is 88.9 cm³/mol. The van der Waals surface area contributed by atoms with Gasteiger partial charge in [0.2, 0.25) is 0 Å². The van der Waals surface area contributed by atoms with Gasteiger partial charge in [0.05, 0.1) is 0 Å². The fourth-order valence-corrected chi connectivity index (χ4v) is 2.74. The van der Waals surface area contributed by atoms with Crippen molar-refractivity contribution in [3.05, 3.63) is 66.4 Å². The molecule has 0 aliphatic carbocycles. The third kappa shape index (κ3) is 2.17. The van der Waals surface area contributed by atoms with Gasteiger partial charge in [-0.2, -0.15) is 5.10 Å². The van der Waals surface area contributed by atoms with Gasteiger partial charge in [0, 0.05) is 42.1 Å². The lowest BCUT2D eigenvalue weighted by molar-refractivity contribution is 0.940. The number of pyridine rings is 2. The van der Waals surface area contributed by atoms with Crippen LogP contribution in [0.3, 0.4) is 0 Å². The van der Waals surface area contributed by atoms with Crippen LogP contribution < -0.4 is 0 Å². The number of aryl methyl sites for hydroxylation is 2. The molecule has 0 aliphatic rings. The van der Waals surface area contributed by atoms with Gasteiger partial charge in [-0.05, 0) is 49.2 Å². The number of nitrogens with zero attached hydrogens (tertiary/aromatic N) is 5. The summed E-state index contributed by atoms with van der Waals surface area (Å²) in [5.41, 5.74) is 6.94. The molecular formula is C18H15N5. The fourth-order valence-electron chi connectivity index (χ4n) is 2.74. The van der Waals surface area contributed by atoms with Crippen molar-refractivity contribution in [2.45, 2.75) is 13.8 Å². The fraction of sp³-hybridized carbons (Fsp3) is 0.111. The molecule has 0 radical (unpaired) electrons. The molecule has 4 aromatic rings. The van der Waals surface area contributed by atoms with E-state index in [0.717, 1.165) is 39.3 Å². The second kappa shape index (κ2) is 5.28. The van der Waals surface area contributed by atoms with Gasteiger partial charge in [0.25, 0.3) is 0 Å². The molecule has 0 saturated heterocycles. The van der Waals surface area contributed by atoms with Gasteiger partial charge in [-0.15, -0.1) is 0 Å². The van der Waals surface area contributed by atoms with Crippen LogP contribution in [0.2, 0.25) is 0 Å². The highest BCUT2D eigenvalue weighted by Crippen LogP contribution is 2.34. The molecule has 0 saturated carbocycles. The molecule has 5 nitrogen and oxygen atoms in total. The molecule has 5 heteroatoms. The lowest BCUT2D eigenvalue weighted by Gasteiger charge is -2.08. The van der Waals surface area contributed by atoms with Crippen LogP contribution in [0.4, 0.5) is 0 Å². The Labute approximate surface area is 133 Å². The van der Waals surface area contributed by atoms with Crippen molar-refractivity contribution in [2.75, 3.05) is 0 Å². The Morgan fingerprint density at radius 2 is 1.52 bits per heavy atom. The number of fused-ring (bicyclic) bond motifs is 1. The summed E-state index contributed by atoms with van der Waals surface area (Å²) in [6.07, 6.45) is 9.07. The van der Waals surface area contributed by atoms with E-state index in [4.69, 9.17) is 4.98 Å². The first-order valence-electron chi connectivity index (χ1n) is 7.41. The van der Waals surface area contributed by atoms with E-state index in [-0.39, 0.29) is 0 Å². The Kier molecular flexibility index (Phi) is 3.12. The molecule has 0 aromatic carbocycles. The molecular weight excluding hydrogens is 286 g/mol. The molecule has 0 N–H and O–H groups in total. The summed E-state index contributed by atoms with van der Waals surface area (Å²) in [7, 11) is 0. The minimum absolute atomic E-state index is 0.809. The number of aromatic nitrogens is 5. The average Bonchev–Trinajstić information content (AvgIpc) is 2.95. The quantitative estimate of drug-likeness (QED) is 0.569. The lowest BCUT2D eigenvalue weighted by Crippen LogP contribution is -1.96. The Bertz CT molecular complexity index is 1000. The van der Waals surface area contributed by atoms with Crippen LogP contribution in [0.25, 0.3) is 28.2 Å². The van der Waals surface area contributed by atoms with Crippen LogP contribution in [0.5, 0.6) is 0 Å². The van der Waals surface area contributed by atoms with Gasteiger partial charge in [-0.3, -0.25) is 9.97 Å². The summed E-state index contributed by atoms with van der Waals surface area (Å²) >= 11 is 0. The highest BCUT2D eigenvalue weighted by Gasteiger charge is 2.19. The Hall–Kier alpha value is -3.08. The molecule has 23 heavy (non-hydrogen) atoms. The summed E-state index contributed by atoms with van der Waals surface area (Å²) in [6, 6.07) is 7.84. The zero-order valence-electron chi connectivity index (χ0n) is 12.9. The molecule has 0 spiro atoms. The van der Waals surface area contributed by atoms with Crippen molar-refractivity contribution in [1.29, 1.82) is 0 Å². The van der Waals surface area contributed by atoms with E-state index in [9.17, 15) is 0 Å². The monoisotopic (exact) mass is 301 g/mol. The first-order valence-corrected chi connectivity index (χ1v) is 7.41. The molecule has 0 amide bonds. The van der Waals surface area contributed by atoms with Crippen LogP contribution in [0, 0.1) is 13.8 Å². The van der Waals surface area contributed by atoms with E-state index in [0.29, 0.717) is 0 Å². The van der Waals surface area contributed by atoms with Crippen LogP contribution in [-0.2, 0) is 0 Å². The number of hydrogen-bond donors (Lipinski definition) is 0. The number of rotatable bonds is 2. The van der Waals surface area contributed by atoms with Gasteiger partial charge in [0.1, 0.15) is 11.4 Å². The Morgan fingerprint density at radius 1 is 0.826 bits per heavy atom. The Balaban J connectivity index is 2.12. The highest BCUT2D eigenvalue weighted by molar-refractivity contribution is 5.83. The normalized spacial score (nSPS) is 11.0. The van der Waals surface area contributed by atoms with E-state index in [1.54, 1.807) is 18.6 Å². The third-order valence-electron chi connectivity index (χ3n) is 3.98. The second-order valence-corrected chi connectivity index (χ2v) is 5.48. The summed E-state index contributed by atoms with van der Waals surface area (Å²) in [5.74, 6) is 0. The van der Waals surface area contributed by atoms with Crippen molar-refractivity contribution in [1.82, 2.24) is 24.6 Å². The maximum absolute atomic E-state index is 4.79. The summed E-state index contributed by atoms with van der Waals surface area (Å²) < 4.78 is 1.87. The zero-order valence-corrected chi connectivity index (χ0v) is 12.9. The largest absolute Gasteiger partial charge is 0.264 e. The standard InChI is InChI=1S/C18H15N5/c1-12-5-8-19-10-14(12)17-18(15-11-20-9-6-13(15)2)23-16(22-17)4-3-7-21-23/h3-11H,1-2H3. The van der Waals surface area contributed by atoms with E-state index >= 15 is 0 Å². The van der Waals surface area contributed by atoms with Crippen molar-refractivity contribution in [3.8, 4) is 22.5 Å². The van der Waals surface area contributed by atoms with Crippen molar-refractivity contribution in [2.24, 2.45) is 0 Å². The minimum atomic E-state index is 0.809. The molecule has 4 rings (SSSR count). The van der Waals surface area contributed by atoms with Gasteiger partial charge in [0.15, 0.2) is 5.65 Å². The van der Waals surface area contributed by atoms with Gasteiger partial charge < -0.3 is 0 Å². The summed E-state index contributed by atoms with van der Waals surface area (Å²) in [6.45, 7) is 4.13. The van der Waals surface area contributed by atoms with Crippen LogP contribution >= 0.6 is 0 Å². The number of imidazole rings is 1. The minimum Gasteiger partial charge on any atom is -0.264 e.